The highest BCUT2D eigenvalue weighted by atomic mass is 35.5. The summed E-state index contributed by atoms with van der Waals surface area (Å²) in [6, 6.07) is 12.0. The minimum Gasteiger partial charge on any atom is -0.497 e. The molecule has 0 saturated carbocycles. The van der Waals surface area contributed by atoms with Crippen LogP contribution in [0.3, 0.4) is 0 Å². The van der Waals surface area contributed by atoms with Gasteiger partial charge in [0, 0.05) is 5.69 Å². The van der Waals surface area contributed by atoms with Crippen molar-refractivity contribution in [2.75, 3.05) is 29.2 Å². The monoisotopic (exact) mass is 398 g/mol. The first-order chi connectivity index (χ1) is 12.0. The Morgan fingerprint density at radius 3 is 2.08 bits per heavy atom. The number of nitrogens with one attached hydrogen (secondary N) is 2. The van der Waals surface area contributed by atoms with Crippen molar-refractivity contribution in [1.82, 2.24) is 0 Å². The quantitative estimate of drug-likeness (QED) is 0.728. The summed E-state index contributed by atoms with van der Waals surface area (Å²) in [6.45, 7) is 0. The fourth-order valence-corrected chi connectivity index (χ4v) is 3.01. The minimum atomic E-state index is -0.280. The molecule has 132 valence electrons. The van der Waals surface area contributed by atoms with E-state index in [0.717, 1.165) is 0 Å². The zero-order valence-electron chi connectivity index (χ0n) is 13.3. The molecule has 5 nitrogen and oxygen atoms in total. The van der Waals surface area contributed by atoms with Crippen LogP contribution in [-0.4, -0.2) is 30.4 Å². The van der Waals surface area contributed by atoms with E-state index in [2.05, 4.69) is 10.6 Å². The maximum Gasteiger partial charge on any atom is 0.234 e. The van der Waals surface area contributed by atoms with Crippen LogP contribution in [0, 0.1) is 0 Å². The molecule has 2 N–H and O–H groups in total. The molecule has 0 aliphatic carbocycles. The molecule has 0 saturated heterocycles. The summed E-state index contributed by atoms with van der Waals surface area (Å²) in [5.41, 5.74) is 1.04. The summed E-state index contributed by atoms with van der Waals surface area (Å²) in [5.74, 6) is 0.492. The van der Waals surface area contributed by atoms with Gasteiger partial charge in [-0.3, -0.25) is 9.59 Å². The lowest BCUT2D eigenvalue weighted by Crippen LogP contribution is -2.18. The molecule has 0 aromatic heterocycles. The van der Waals surface area contributed by atoms with Crippen LogP contribution in [0.5, 0.6) is 5.75 Å². The fourth-order valence-electron chi connectivity index (χ4n) is 1.90. The normalized spacial score (nSPS) is 10.2. The lowest BCUT2D eigenvalue weighted by molar-refractivity contribution is -0.114. The number of benzene rings is 2. The number of carbonyl (C=O) groups is 2. The first-order valence-corrected chi connectivity index (χ1v) is 9.16. The van der Waals surface area contributed by atoms with Crippen LogP contribution in [0.2, 0.25) is 10.0 Å². The molecule has 2 aromatic carbocycles. The number of carbonyl (C=O) groups excluding carboxylic acids is 2. The second-order valence-corrected chi connectivity index (χ2v) is 6.71. The molecule has 0 unspecified atom stereocenters. The summed E-state index contributed by atoms with van der Waals surface area (Å²) in [6.07, 6.45) is 0. The average molecular weight is 399 g/mol. The van der Waals surface area contributed by atoms with E-state index in [9.17, 15) is 9.59 Å². The number of rotatable bonds is 7. The summed E-state index contributed by atoms with van der Waals surface area (Å²) in [5, 5.41) is 6.12. The highest BCUT2D eigenvalue weighted by Crippen LogP contribution is 2.29. The highest BCUT2D eigenvalue weighted by molar-refractivity contribution is 8.00. The van der Waals surface area contributed by atoms with Gasteiger partial charge in [-0.1, -0.05) is 29.3 Å². The van der Waals surface area contributed by atoms with Crippen LogP contribution in [0.4, 0.5) is 11.4 Å². The molecule has 0 fully saturated rings. The van der Waals surface area contributed by atoms with Crippen molar-refractivity contribution in [3.63, 3.8) is 0 Å². The summed E-state index contributed by atoms with van der Waals surface area (Å²) in [4.78, 5) is 23.8. The van der Waals surface area contributed by atoms with Gasteiger partial charge in [-0.2, -0.15) is 0 Å². The smallest absolute Gasteiger partial charge is 0.234 e. The Morgan fingerprint density at radius 1 is 0.960 bits per heavy atom. The molecule has 8 heteroatoms. The molecular weight excluding hydrogens is 383 g/mol. The molecular formula is C17H16Cl2N2O3S. The molecule has 2 aromatic rings. The molecule has 0 atom stereocenters. The van der Waals surface area contributed by atoms with Crippen LogP contribution in [0.15, 0.2) is 42.5 Å². The Morgan fingerprint density at radius 2 is 1.52 bits per heavy atom. The number of para-hydroxylation sites is 1. The van der Waals surface area contributed by atoms with Crippen molar-refractivity contribution in [3.05, 3.63) is 52.5 Å². The van der Waals surface area contributed by atoms with Gasteiger partial charge < -0.3 is 15.4 Å². The SMILES string of the molecule is COc1ccc(NC(=O)CSCC(=O)Nc2c(Cl)cccc2Cl)cc1. The number of halogens is 2. The second-order valence-electron chi connectivity index (χ2n) is 4.91. The third-order valence-electron chi connectivity index (χ3n) is 3.07. The minimum absolute atomic E-state index is 0.109. The third-order valence-corrected chi connectivity index (χ3v) is 4.63. The van der Waals surface area contributed by atoms with Gasteiger partial charge in [-0.25, -0.2) is 0 Å². The zero-order valence-corrected chi connectivity index (χ0v) is 15.7. The first kappa shape index (κ1) is 19.4. The Balaban J connectivity index is 1.75. The second kappa shape index (κ2) is 9.56. The van der Waals surface area contributed by atoms with E-state index in [4.69, 9.17) is 27.9 Å². The van der Waals surface area contributed by atoms with Gasteiger partial charge in [-0.15, -0.1) is 11.8 Å². The third kappa shape index (κ3) is 6.16. The number of thioether (sulfide) groups is 1. The molecule has 0 bridgehead atoms. The van der Waals surface area contributed by atoms with Crippen molar-refractivity contribution in [3.8, 4) is 5.75 Å². The van der Waals surface area contributed by atoms with E-state index in [1.165, 1.54) is 11.8 Å². The topological polar surface area (TPSA) is 67.4 Å². The fraction of sp³-hybridized carbons (Fsp3) is 0.176. The number of amides is 2. The molecule has 0 heterocycles. The number of methoxy groups -OCH3 is 1. The lowest BCUT2D eigenvalue weighted by Gasteiger charge is -2.09. The Labute approximate surface area is 160 Å². The standard InChI is InChI=1S/C17H16Cl2N2O3S/c1-24-12-7-5-11(6-8-12)20-15(22)9-25-10-16(23)21-17-13(18)3-2-4-14(17)19/h2-8H,9-10H2,1H3,(H,20,22)(H,21,23). The van der Waals surface area contributed by atoms with Gasteiger partial charge in [0.25, 0.3) is 0 Å². The number of hydrogen-bond donors (Lipinski definition) is 2. The summed E-state index contributed by atoms with van der Waals surface area (Å²) >= 11 is 13.2. The first-order valence-electron chi connectivity index (χ1n) is 7.25. The van der Waals surface area contributed by atoms with E-state index in [0.29, 0.717) is 27.2 Å². The number of anilines is 2. The molecule has 25 heavy (non-hydrogen) atoms. The Hall–Kier alpha value is -1.89. The van der Waals surface area contributed by atoms with Gasteiger partial charge in [0.05, 0.1) is 34.3 Å². The van der Waals surface area contributed by atoms with Gasteiger partial charge in [0.2, 0.25) is 11.8 Å². The van der Waals surface area contributed by atoms with Crippen molar-refractivity contribution in [2.45, 2.75) is 0 Å². The van der Waals surface area contributed by atoms with Gasteiger partial charge in [-0.05, 0) is 36.4 Å². The highest BCUT2D eigenvalue weighted by Gasteiger charge is 2.11. The van der Waals surface area contributed by atoms with Crippen molar-refractivity contribution in [1.29, 1.82) is 0 Å². The average Bonchev–Trinajstić information content (AvgIpc) is 2.59. The maximum absolute atomic E-state index is 11.9. The van der Waals surface area contributed by atoms with Crippen LogP contribution in [0.25, 0.3) is 0 Å². The largest absolute Gasteiger partial charge is 0.497 e. The van der Waals surface area contributed by atoms with Gasteiger partial charge >= 0.3 is 0 Å². The van der Waals surface area contributed by atoms with E-state index >= 15 is 0 Å². The van der Waals surface area contributed by atoms with Crippen LogP contribution < -0.4 is 15.4 Å². The zero-order chi connectivity index (χ0) is 18.2. The molecule has 0 aliphatic rings. The van der Waals surface area contributed by atoms with Crippen LogP contribution >= 0.6 is 35.0 Å². The summed E-state index contributed by atoms with van der Waals surface area (Å²) in [7, 11) is 1.57. The number of ether oxygens (including phenoxy) is 1. The molecule has 2 rings (SSSR count). The molecule has 2 amide bonds. The van der Waals surface area contributed by atoms with E-state index in [1.807, 2.05) is 0 Å². The van der Waals surface area contributed by atoms with E-state index in [1.54, 1.807) is 49.6 Å². The maximum atomic E-state index is 11.9. The van der Waals surface area contributed by atoms with E-state index < -0.39 is 0 Å². The summed E-state index contributed by atoms with van der Waals surface area (Å²) < 4.78 is 5.05. The molecule has 0 aliphatic heterocycles. The van der Waals surface area contributed by atoms with Crippen LogP contribution in [0.1, 0.15) is 0 Å². The molecule has 0 radical (unpaired) electrons. The van der Waals surface area contributed by atoms with Gasteiger partial charge in [0.1, 0.15) is 5.75 Å². The molecule has 0 spiro atoms. The van der Waals surface area contributed by atoms with E-state index in [-0.39, 0.29) is 23.3 Å². The predicted octanol–water partition coefficient (Wildman–Crippen LogP) is 4.31. The number of hydrogen-bond acceptors (Lipinski definition) is 4. The van der Waals surface area contributed by atoms with Crippen molar-refractivity contribution >= 4 is 58.2 Å². The lowest BCUT2D eigenvalue weighted by atomic mass is 10.3. The van der Waals surface area contributed by atoms with Crippen molar-refractivity contribution in [2.24, 2.45) is 0 Å². The Kier molecular flexibility index (Phi) is 7.43. The Bertz CT molecular complexity index is 734. The predicted molar refractivity (Wildman–Crippen MR) is 104 cm³/mol. The van der Waals surface area contributed by atoms with Crippen LogP contribution in [-0.2, 0) is 9.59 Å². The van der Waals surface area contributed by atoms with Gasteiger partial charge in [0.15, 0.2) is 0 Å². The van der Waals surface area contributed by atoms with Crippen molar-refractivity contribution < 1.29 is 14.3 Å².